The fraction of sp³-hybridized carbons (Fsp3) is 0.417. The smallest absolute Gasteiger partial charge is 0.175 e. The van der Waals surface area contributed by atoms with Gasteiger partial charge in [0.05, 0.1) is 22.0 Å². The van der Waals surface area contributed by atoms with Crippen LogP contribution in [-0.2, 0) is 9.84 Å². The summed E-state index contributed by atoms with van der Waals surface area (Å²) in [6.07, 6.45) is 2.40. The second-order valence-electron chi connectivity index (χ2n) is 4.90. The number of aliphatic hydroxyl groups excluding tert-OH is 1. The molecular weight excluding hydrogens is 252 g/mol. The van der Waals surface area contributed by atoms with Gasteiger partial charge in [-0.25, -0.2) is 13.4 Å². The third kappa shape index (κ3) is 1.91. The number of aromatic amines is 1. The monoisotopic (exact) mass is 266 g/mol. The van der Waals surface area contributed by atoms with E-state index in [-0.39, 0.29) is 12.0 Å². The van der Waals surface area contributed by atoms with E-state index >= 15 is 0 Å². The second kappa shape index (κ2) is 3.80. The summed E-state index contributed by atoms with van der Waals surface area (Å²) in [5.74, 6) is 1.09. The number of hydrogen-bond donors (Lipinski definition) is 2. The van der Waals surface area contributed by atoms with Crippen LogP contribution in [0.3, 0.4) is 0 Å². The summed E-state index contributed by atoms with van der Waals surface area (Å²) in [6, 6.07) is 4.88. The molecule has 5 nitrogen and oxygen atoms in total. The van der Waals surface area contributed by atoms with Gasteiger partial charge in [0.25, 0.3) is 0 Å². The van der Waals surface area contributed by atoms with Crippen molar-refractivity contribution in [3.8, 4) is 0 Å². The highest BCUT2D eigenvalue weighted by Gasteiger charge is 2.30. The molecule has 0 atom stereocenters. The molecular formula is C12H14N2O3S. The molecule has 18 heavy (non-hydrogen) atoms. The Morgan fingerprint density at radius 2 is 2.11 bits per heavy atom. The Balaban J connectivity index is 2.02. The molecule has 1 heterocycles. The molecule has 1 aromatic heterocycles. The van der Waals surface area contributed by atoms with Crippen molar-refractivity contribution in [2.45, 2.75) is 29.8 Å². The zero-order valence-corrected chi connectivity index (χ0v) is 10.7. The highest BCUT2D eigenvalue weighted by molar-refractivity contribution is 7.90. The number of rotatable bonds is 2. The zero-order valence-electron chi connectivity index (χ0n) is 9.92. The van der Waals surface area contributed by atoms with E-state index in [1.165, 1.54) is 6.26 Å². The Morgan fingerprint density at radius 1 is 1.39 bits per heavy atom. The van der Waals surface area contributed by atoms with Crippen LogP contribution in [0.15, 0.2) is 23.1 Å². The molecule has 1 aliphatic carbocycles. The SMILES string of the molecule is CS(=O)(=O)c1ccc2nc(C3CC(O)C3)[nH]c2c1. The fourth-order valence-corrected chi connectivity index (χ4v) is 2.89. The Bertz CT molecular complexity index is 699. The summed E-state index contributed by atoms with van der Waals surface area (Å²) in [7, 11) is -3.19. The van der Waals surface area contributed by atoms with Crippen LogP contribution in [0.25, 0.3) is 11.0 Å². The molecule has 0 spiro atoms. The molecule has 3 rings (SSSR count). The lowest BCUT2D eigenvalue weighted by Crippen LogP contribution is -2.27. The van der Waals surface area contributed by atoms with E-state index in [4.69, 9.17) is 0 Å². The fourth-order valence-electron chi connectivity index (χ4n) is 2.24. The summed E-state index contributed by atoms with van der Waals surface area (Å²) in [4.78, 5) is 7.87. The van der Waals surface area contributed by atoms with Crippen LogP contribution in [0.5, 0.6) is 0 Å². The molecule has 0 radical (unpaired) electrons. The molecule has 1 saturated carbocycles. The first-order chi connectivity index (χ1) is 8.43. The van der Waals surface area contributed by atoms with Gasteiger partial charge in [0.15, 0.2) is 9.84 Å². The molecule has 2 N–H and O–H groups in total. The number of imidazole rings is 1. The average molecular weight is 266 g/mol. The molecule has 1 aromatic carbocycles. The van der Waals surface area contributed by atoms with Crippen LogP contribution >= 0.6 is 0 Å². The quantitative estimate of drug-likeness (QED) is 0.855. The number of benzene rings is 1. The van der Waals surface area contributed by atoms with Crippen LogP contribution in [0, 0.1) is 0 Å². The maximum absolute atomic E-state index is 11.5. The zero-order chi connectivity index (χ0) is 12.9. The van der Waals surface area contributed by atoms with Crippen molar-refractivity contribution in [3.63, 3.8) is 0 Å². The van der Waals surface area contributed by atoms with Gasteiger partial charge in [0.1, 0.15) is 5.82 Å². The molecule has 2 aromatic rings. The number of hydrogen-bond acceptors (Lipinski definition) is 4. The highest BCUT2D eigenvalue weighted by atomic mass is 32.2. The first-order valence-electron chi connectivity index (χ1n) is 5.81. The minimum Gasteiger partial charge on any atom is -0.393 e. The highest BCUT2D eigenvalue weighted by Crippen LogP contribution is 2.36. The van der Waals surface area contributed by atoms with Crippen LogP contribution < -0.4 is 0 Å². The van der Waals surface area contributed by atoms with Gasteiger partial charge in [0.2, 0.25) is 0 Å². The van der Waals surface area contributed by atoms with Gasteiger partial charge >= 0.3 is 0 Å². The van der Waals surface area contributed by atoms with Gasteiger partial charge in [0, 0.05) is 12.2 Å². The normalized spacial score (nSPS) is 24.1. The Hall–Kier alpha value is -1.40. The predicted octanol–water partition coefficient (Wildman–Crippen LogP) is 1.20. The van der Waals surface area contributed by atoms with E-state index in [2.05, 4.69) is 9.97 Å². The lowest BCUT2D eigenvalue weighted by Gasteiger charge is -2.29. The maximum atomic E-state index is 11.5. The van der Waals surface area contributed by atoms with Gasteiger partial charge in [-0.2, -0.15) is 0 Å². The first kappa shape index (κ1) is 11.7. The van der Waals surface area contributed by atoms with Crippen molar-refractivity contribution in [2.24, 2.45) is 0 Å². The van der Waals surface area contributed by atoms with Gasteiger partial charge in [-0.05, 0) is 31.0 Å². The van der Waals surface area contributed by atoms with Crippen molar-refractivity contribution >= 4 is 20.9 Å². The molecule has 0 unspecified atom stereocenters. The predicted molar refractivity (Wildman–Crippen MR) is 67.2 cm³/mol. The Labute approximate surface area is 105 Å². The largest absolute Gasteiger partial charge is 0.393 e. The Morgan fingerprint density at radius 3 is 2.72 bits per heavy atom. The van der Waals surface area contributed by atoms with E-state index < -0.39 is 9.84 Å². The topological polar surface area (TPSA) is 83.1 Å². The molecule has 1 fully saturated rings. The van der Waals surface area contributed by atoms with Gasteiger partial charge < -0.3 is 10.1 Å². The third-order valence-electron chi connectivity index (χ3n) is 3.40. The number of nitrogens with one attached hydrogen (secondary N) is 1. The van der Waals surface area contributed by atoms with E-state index in [1.54, 1.807) is 18.2 Å². The lowest BCUT2D eigenvalue weighted by molar-refractivity contribution is 0.0720. The van der Waals surface area contributed by atoms with E-state index in [1.807, 2.05) is 0 Å². The van der Waals surface area contributed by atoms with Crippen LogP contribution in [0.4, 0.5) is 0 Å². The van der Waals surface area contributed by atoms with Crippen molar-refractivity contribution < 1.29 is 13.5 Å². The van der Waals surface area contributed by atoms with Crippen LogP contribution in [-0.4, -0.2) is 35.9 Å². The number of fused-ring (bicyclic) bond motifs is 1. The van der Waals surface area contributed by atoms with Crippen molar-refractivity contribution in [3.05, 3.63) is 24.0 Å². The van der Waals surface area contributed by atoms with Gasteiger partial charge in [-0.3, -0.25) is 0 Å². The summed E-state index contributed by atoms with van der Waals surface area (Å²) < 4.78 is 22.9. The number of sulfone groups is 1. The van der Waals surface area contributed by atoms with E-state index in [0.29, 0.717) is 4.90 Å². The minimum atomic E-state index is -3.19. The number of H-pyrrole nitrogens is 1. The first-order valence-corrected chi connectivity index (χ1v) is 7.70. The summed E-state index contributed by atoms with van der Waals surface area (Å²) in [6.45, 7) is 0. The summed E-state index contributed by atoms with van der Waals surface area (Å²) in [5.41, 5.74) is 1.49. The number of aromatic nitrogens is 2. The summed E-state index contributed by atoms with van der Waals surface area (Å²) >= 11 is 0. The molecule has 96 valence electrons. The van der Waals surface area contributed by atoms with E-state index in [0.717, 1.165) is 29.7 Å². The van der Waals surface area contributed by atoms with Crippen LogP contribution in [0.1, 0.15) is 24.6 Å². The third-order valence-corrected chi connectivity index (χ3v) is 4.51. The van der Waals surface area contributed by atoms with Gasteiger partial charge in [-0.15, -0.1) is 0 Å². The molecule has 0 bridgehead atoms. The molecule has 1 aliphatic rings. The minimum absolute atomic E-state index is 0.227. The molecule has 0 saturated heterocycles. The van der Waals surface area contributed by atoms with Gasteiger partial charge in [-0.1, -0.05) is 0 Å². The second-order valence-corrected chi connectivity index (χ2v) is 6.91. The Kier molecular flexibility index (Phi) is 2.46. The average Bonchev–Trinajstić information content (AvgIpc) is 2.65. The van der Waals surface area contributed by atoms with Crippen LogP contribution in [0.2, 0.25) is 0 Å². The van der Waals surface area contributed by atoms with Crippen molar-refractivity contribution in [1.82, 2.24) is 9.97 Å². The van der Waals surface area contributed by atoms with Crippen molar-refractivity contribution in [1.29, 1.82) is 0 Å². The number of nitrogens with zero attached hydrogens (tertiary/aromatic N) is 1. The lowest BCUT2D eigenvalue weighted by atomic mass is 9.82. The molecule has 0 aliphatic heterocycles. The van der Waals surface area contributed by atoms with Crippen molar-refractivity contribution in [2.75, 3.05) is 6.26 Å². The standard InChI is InChI=1S/C12H14N2O3S/c1-18(16,17)9-2-3-10-11(6-9)14-12(13-10)7-4-8(15)5-7/h2-3,6-8,15H,4-5H2,1H3,(H,13,14). The number of aliphatic hydroxyl groups is 1. The van der Waals surface area contributed by atoms with E-state index in [9.17, 15) is 13.5 Å². The maximum Gasteiger partial charge on any atom is 0.175 e. The summed E-state index contributed by atoms with van der Waals surface area (Å²) in [5, 5.41) is 9.28. The molecule has 0 amide bonds. The molecule has 6 heteroatoms.